The van der Waals surface area contributed by atoms with Crippen LogP contribution >= 0.6 is 35.6 Å². The van der Waals surface area contributed by atoms with Crippen LogP contribution < -0.4 is 5.32 Å². The summed E-state index contributed by atoms with van der Waals surface area (Å²) in [4.78, 5) is 19.5. The number of hydrogen-bond acceptors (Lipinski definition) is 3. The van der Waals surface area contributed by atoms with Crippen LogP contribution in [0.5, 0.6) is 0 Å². The molecule has 1 atom stereocenters. The van der Waals surface area contributed by atoms with Crippen molar-refractivity contribution in [3.8, 4) is 0 Å². The molecule has 1 saturated heterocycles. The van der Waals surface area contributed by atoms with Crippen molar-refractivity contribution < 1.29 is 4.79 Å². The number of benzene rings is 1. The van der Waals surface area contributed by atoms with Crippen LogP contribution in [0.1, 0.15) is 35.3 Å². The fourth-order valence-electron chi connectivity index (χ4n) is 3.17. The Morgan fingerprint density at radius 2 is 2.00 bits per heavy atom. The molecule has 1 N–H and O–H groups in total. The first-order valence-electron chi connectivity index (χ1n) is 8.52. The van der Waals surface area contributed by atoms with E-state index in [9.17, 15) is 4.79 Å². The van der Waals surface area contributed by atoms with Gasteiger partial charge < -0.3 is 10.2 Å². The molecule has 1 aromatic heterocycles. The predicted molar refractivity (Wildman–Crippen MR) is 108 cm³/mol. The van der Waals surface area contributed by atoms with Gasteiger partial charge in [0.25, 0.3) is 5.91 Å². The van der Waals surface area contributed by atoms with E-state index in [4.69, 9.17) is 23.2 Å². The van der Waals surface area contributed by atoms with Gasteiger partial charge in [-0.15, -0.1) is 12.4 Å². The summed E-state index contributed by atoms with van der Waals surface area (Å²) in [6, 6.07) is 11.1. The van der Waals surface area contributed by atoms with E-state index in [2.05, 4.69) is 10.3 Å². The highest BCUT2D eigenvalue weighted by Gasteiger charge is 2.27. The first-order chi connectivity index (χ1) is 12.2. The van der Waals surface area contributed by atoms with Crippen molar-refractivity contribution in [3.63, 3.8) is 0 Å². The lowest BCUT2D eigenvalue weighted by Crippen LogP contribution is -2.40. The Morgan fingerprint density at radius 3 is 2.77 bits per heavy atom. The van der Waals surface area contributed by atoms with Gasteiger partial charge in [-0.25, -0.2) is 0 Å². The average molecular weight is 415 g/mol. The number of hydrogen-bond donors (Lipinski definition) is 1. The maximum Gasteiger partial charge on any atom is 0.256 e. The highest BCUT2D eigenvalue weighted by atomic mass is 35.5. The SMILES string of the molecule is Cl.O=C(c1cccc(Cl)c1Cl)N(Cc1ccccn1)C1CCCNCC1. The Bertz CT molecular complexity index is 719. The van der Waals surface area contributed by atoms with Gasteiger partial charge in [0.15, 0.2) is 0 Å². The Morgan fingerprint density at radius 1 is 1.15 bits per heavy atom. The molecule has 0 saturated carbocycles. The zero-order valence-electron chi connectivity index (χ0n) is 14.3. The molecule has 1 unspecified atom stereocenters. The summed E-state index contributed by atoms with van der Waals surface area (Å²) in [5.74, 6) is -0.0925. The molecule has 1 aliphatic heterocycles. The van der Waals surface area contributed by atoms with Crippen molar-refractivity contribution >= 4 is 41.5 Å². The molecule has 0 aliphatic carbocycles. The van der Waals surface area contributed by atoms with Gasteiger partial charge in [-0.3, -0.25) is 9.78 Å². The van der Waals surface area contributed by atoms with E-state index in [0.29, 0.717) is 22.2 Å². The summed E-state index contributed by atoms with van der Waals surface area (Å²) in [6.07, 6.45) is 4.67. The van der Waals surface area contributed by atoms with Gasteiger partial charge >= 0.3 is 0 Å². The van der Waals surface area contributed by atoms with Crippen molar-refractivity contribution in [2.24, 2.45) is 0 Å². The molecule has 1 aliphatic rings. The smallest absolute Gasteiger partial charge is 0.256 e. The molecule has 1 amide bonds. The zero-order valence-corrected chi connectivity index (χ0v) is 16.7. The third-order valence-electron chi connectivity index (χ3n) is 4.49. The summed E-state index contributed by atoms with van der Waals surface area (Å²) in [5, 5.41) is 4.10. The number of halogens is 3. The molecule has 0 bridgehead atoms. The number of rotatable bonds is 4. The molecule has 2 aromatic rings. The van der Waals surface area contributed by atoms with E-state index in [1.807, 2.05) is 23.1 Å². The normalized spacial score (nSPS) is 17.1. The van der Waals surface area contributed by atoms with E-state index in [0.717, 1.165) is 38.0 Å². The van der Waals surface area contributed by atoms with Crippen LogP contribution in [0.25, 0.3) is 0 Å². The van der Waals surface area contributed by atoms with Crippen molar-refractivity contribution in [1.82, 2.24) is 15.2 Å². The van der Waals surface area contributed by atoms with Gasteiger partial charge in [-0.2, -0.15) is 0 Å². The minimum absolute atomic E-state index is 0. The standard InChI is InChI=1S/C19H21Cl2N3O.ClH/c20-17-8-3-7-16(18(17)21)19(25)24(13-14-5-1-2-11-23-14)15-6-4-10-22-12-9-15;/h1-3,5,7-8,11,15,22H,4,6,9-10,12-13H2;1H. The Balaban J connectivity index is 0.00000243. The van der Waals surface area contributed by atoms with Crippen molar-refractivity contribution in [2.45, 2.75) is 31.8 Å². The summed E-state index contributed by atoms with van der Waals surface area (Å²) in [7, 11) is 0. The highest BCUT2D eigenvalue weighted by Crippen LogP contribution is 2.28. The van der Waals surface area contributed by atoms with Crippen LogP contribution in [-0.2, 0) is 6.54 Å². The zero-order chi connectivity index (χ0) is 17.6. The fourth-order valence-corrected chi connectivity index (χ4v) is 3.55. The first-order valence-corrected chi connectivity index (χ1v) is 9.28. The molecule has 4 nitrogen and oxygen atoms in total. The van der Waals surface area contributed by atoms with E-state index in [1.165, 1.54) is 0 Å². The lowest BCUT2D eigenvalue weighted by molar-refractivity contribution is 0.0642. The summed E-state index contributed by atoms with van der Waals surface area (Å²) >= 11 is 12.4. The molecule has 1 aromatic carbocycles. The highest BCUT2D eigenvalue weighted by molar-refractivity contribution is 6.43. The van der Waals surface area contributed by atoms with Crippen LogP contribution in [0.15, 0.2) is 42.6 Å². The minimum Gasteiger partial charge on any atom is -0.330 e. The number of carbonyl (C=O) groups excluding carboxylic acids is 1. The number of carbonyl (C=O) groups is 1. The topological polar surface area (TPSA) is 45.2 Å². The summed E-state index contributed by atoms with van der Waals surface area (Å²) in [5.41, 5.74) is 1.31. The minimum atomic E-state index is -0.0925. The molecular formula is C19H22Cl3N3O. The quantitative estimate of drug-likeness (QED) is 0.795. The van der Waals surface area contributed by atoms with Crippen LogP contribution in [-0.4, -0.2) is 34.9 Å². The van der Waals surface area contributed by atoms with E-state index < -0.39 is 0 Å². The predicted octanol–water partition coefficient (Wildman–Crippen LogP) is 4.59. The van der Waals surface area contributed by atoms with Gasteiger partial charge in [-0.05, 0) is 56.6 Å². The van der Waals surface area contributed by atoms with Crippen LogP contribution in [0.2, 0.25) is 10.0 Å². The van der Waals surface area contributed by atoms with Crippen molar-refractivity contribution in [1.29, 1.82) is 0 Å². The maximum atomic E-state index is 13.3. The van der Waals surface area contributed by atoms with Gasteiger partial charge in [0.2, 0.25) is 0 Å². The third-order valence-corrected chi connectivity index (χ3v) is 5.31. The van der Waals surface area contributed by atoms with E-state index in [-0.39, 0.29) is 24.4 Å². The van der Waals surface area contributed by atoms with Crippen LogP contribution in [0, 0.1) is 0 Å². The van der Waals surface area contributed by atoms with E-state index in [1.54, 1.807) is 24.4 Å². The number of pyridine rings is 1. The lowest BCUT2D eigenvalue weighted by Gasteiger charge is -2.31. The molecule has 7 heteroatoms. The van der Waals surface area contributed by atoms with Crippen LogP contribution in [0.4, 0.5) is 0 Å². The van der Waals surface area contributed by atoms with Gasteiger partial charge in [0.1, 0.15) is 0 Å². The summed E-state index contributed by atoms with van der Waals surface area (Å²) in [6.45, 7) is 2.35. The maximum absolute atomic E-state index is 13.3. The number of aromatic nitrogens is 1. The third kappa shape index (κ3) is 5.10. The van der Waals surface area contributed by atoms with Crippen molar-refractivity contribution in [2.75, 3.05) is 13.1 Å². The molecule has 2 heterocycles. The second-order valence-electron chi connectivity index (χ2n) is 6.19. The fraction of sp³-hybridized carbons (Fsp3) is 0.368. The number of nitrogens with zero attached hydrogens (tertiary/aromatic N) is 2. The second-order valence-corrected chi connectivity index (χ2v) is 6.98. The molecule has 3 rings (SSSR count). The van der Waals surface area contributed by atoms with Gasteiger partial charge in [0, 0.05) is 12.2 Å². The average Bonchev–Trinajstić information content (AvgIpc) is 2.92. The Hall–Kier alpha value is -1.33. The Kier molecular flexibility index (Phi) is 8.16. The lowest BCUT2D eigenvalue weighted by atomic mass is 10.0. The first kappa shape index (κ1) is 21.0. The monoisotopic (exact) mass is 413 g/mol. The molecule has 140 valence electrons. The van der Waals surface area contributed by atoms with Crippen LogP contribution in [0.3, 0.4) is 0 Å². The van der Waals surface area contributed by atoms with Crippen molar-refractivity contribution in [3.05, 3.63) is 63.9 Å². The van der Waals surface area contributed by atoms with Gasteiger partial charge in [-0.1, -0.05) is 35.3 Å². The molecule has 0 radical (unpaired) electrons. The second kappa shape index (κ2) is 10.1. The largest absolute Gasteiger partial charge is 0.330 e. The molecule has 0 spiro atoms. The number of nitrogens with one attached hydrogen (secondary N) is 1. The summed E-state index contributed by atoms with van der Waals surface area (Å²) < 4.78 is 0. The molecule has 26 heavy (non-hydrogen) atoms. The number of amides is 1. The molecular weight excluding hydrogens is 393 g/mol. The van der Waals surface area contributed by atoms with Gasteiger partial charge in [0.05, 0.1) is 27.8 Å². The Labute approximate surface area is 170 Å². The van der Waals surface area contributed by atoms with E-state index >= 15 is 0 Å². The molecule has 1 fully saturated rings.